The van der Waals surface area contributed by atoms with E-state index in [0.29, 0.717) is 11.8 Å². The van der Waals surface area contributed by atoms with Gasteiger partial charge in [0.2, 0.25) is 0 Å². The van der Waals surface area contributed by atoms with E-state index in [1.165, 1.54) is 96.2 Å². The zero-order valence-electron chi connectivity index (χ0n) is 26.6. The zero-order chi connectivity index (χ0) is 29.8. The first-order valence-corrected chi connectivity index (χ1v) is 18.5. The lowest BCUT2D eigenvalue weighted by molar-refractivity contribution is 0.304. The lowest BCUT2D eigenvalue weighted by Crippen LogP contribution is -2.30. The second-order valence-corrected chi connectivity index (χ2v) is 15.1. The molecule has 0 bridgehead atoms. The molecule has 6 rings (SSSR count). The Kier molecular flexibility index (Phi) is 9.55. The van der Waals surface area contributed by atoms with Crippen LogP contribution in [0.25, 0.3) is 23.3 Å². The third-order valence-corrected chi connectivity index (χ3v) is 12.0. The molecular weight excluding hydrogens is 557 g/mol. The molecule has 224 valence electrons. The maximum absolute atomic E-state index is 2.57. The van der Waals surface area contributed by atoms with Crippen LogP contribution in [0, 0.1) is 5.41 Å². The Bertz CT molecular complexity index is 1470. The Morgan fingerprint density at radius 3 is 1.44 bits per heavy atom. The average molecular weight is 605 g/mol. The summed E-state index contributed by atoms with van der Waals surface area (Å²) in [5, 5.41) is 4.68. The second kappa shape index (κ2) is 13.5. The van der Waals surface area contributed by atoms with Gasteiger partial charge in [-0.1, -0.05) is 115 Å². The standard InChI is InChI=1S/C41H48S2/c1-5-7-9-11-17-29-23-25-42-39(29)35-27-31-19-13-15-21-33(31)37(35)41(3,4)38-34-22-16-14-20-32(34)28-36(38)40-30(24-26-43-40)18-12-10-8-6-2/h13-16,19-28,37-38H,5-12,17-18H2,1-4H3. The third-order valence-electron chi connectivity index (χ3n) is 9.96. The highest BCUT2D eigenvalue weighted by atomic mass is 32.1. The molecule has 0 fully saturated rings. The van der Waals surface area contributed by atoms with Gasteiger partial charge in [-0.05, 0) is 111 Å². The minimum atomic E-state index is -0.0240. The molecule has 0 saturated heterocycles. The maximum Gasteiger partial charge on any atom is 0.0340 e. The third kappa shape index (κ3) is 6.03. The molecule has 43 heavy (non-hydrogen) atoms. The van der Waals surface area contributed by atoms with Gasteiger partial charge in [-0.2, -0.15) is 0 Å². The van der Waals surface area contributed by atoms with Crippen LogP contribution in [0.15, 0.2) is 71.4 Å². The molecule has 2 unspecified atom stereocenters. The Hall–Kier alpha value is -2.68. The Balaban J connectivity index is 1.40. The number of unbranched alkanes of at least 4 members (excludes halogenated alkanes) is 6. The number of thiophene rings is 2. The quantitative estimate of drug-likeness (QED) is 0.126. The molecule has 0 amide bonds. The molecule has 2 atom stereocenters. The summed E-state index contributed by atoms with van der Waals surface area (Å²) in [6.07, 6.45) is 17.9. The minimum Gasteiger partial charge on any atom is -0.144 e. The predicted molar refractivity (Wildman–Crippen MR) is 192 cm³/mol. The summed E-state index contributed by atoms with van der Waals surface area (Å²) in [6, 6.07) is 23.3. The zero-order valence-corrected chi connectivity index (χ0v) is 28.3. The van der Waals surface area contributed by atoms with Crippen molar-refractivity contribution in [1.82, 2.24) is 0 Å². The summed E-state index contributed by atoms with van der Waals surface area (Å²) in [5.41, 5.74) is 12.0. The summed E-state index contributed by atoms with van der Waals surface area (Å²) >= 11 is 3.92. The van der Waals surface area contributed by atoms with Crippen molar-refractivity contribution in [3.8, 4) is 0 Å². The van der Waals surface area contributed by atoms with Gasteiger partial charge >= 0.3 is 0 Å². The molecule has 0 radical (unpaired) electrons. The normalized spacial score (nSPS) is 17.6. The van der Waals surface area contributed by atoms with E-state index in [2.05, 4.69) is 111 Å². The van der Waals surface area contributed by atoms with Crippen LogP contribution < -0.4 is 0 Å². The largest absolute Gasteiger partial charge is 0.144 e. The molecule has 2 aromatic heterocycles. The van der Waals surface area contributed by atoms with E-state index in [0.717, 1.165) is 0 Å². The fourth-order valence-electron chi connectivity index (χ4n) is 7.87. The van der Waals surface area contributed by atoms with Gasteiger partial charge in [-0.15, -0.1) is 22.7 Å². The summed E-state index contributed by atoms with van der Waals surface area (Å²) in [4.78, 5) is 3.05. The summed E-state index contributed by atoms with van der Waals surface area (Å²) in [6.45, 7) is 9.74. The van der Waals surface area contributed by atoms with Crippen molar-refractivity contribution < 1.29 is 0 Å². The molecule has 2 heterocycles. The first-order valence-electron chi connectivity index (χ1n) is 16.8. The monoisotopic (exact) mass is 604 g/mol. The van der Waals surface area contributed by atoms with Crippen LogP contribution in [-0.4, -0.2) is 0 Å². The highest BCUT2D eigenvalue weighted by Gasteiger charge is 2.48. The van der Waals surface area contributed by atoms with Crippen LogP contribution >= 0.6 is 22.7 Å². The first kappa shape index (κ1) is 30.4. The Morgan fingerprint density at radius 1 is 0.558 bits per heavy atom. The van der Waals surface area contributed by atoms with E-state index >= 15 is 0 Å². The molecule has 0 aliphatic heterocycles. The number of rotatable bonds is 14. The van der Waals surface area contributed by atoms with E-state index < -0.39 is 0 Å². The van der Waals surface area contributed by atoms with Gasteiger partial charge in [0.1, 0.15) is 0 Å². The second-order valence-electron chi connectivity index (χ2n) is 13.3. The van der Waals surface area contributed by atoms with E-state index in [4.69, 9.17) is 0 Å². The lowest BCUT2D eigenvalue weighted by Gasteiger charge is -2.42. The highest BCUT2D eigenvalue weighted by molar-refractivity contribution is 7.11. The number of allylic oxidation sites excluding steroid dienone is 2. The Morgan fingerprint density at radius 2 is 1.00 bits per heavy atom. The number of aryl methyl sites for hydroxylation is 2. The van der Waals surface area contributed by atoms with E-state index in [1.807, 2.05) is 22.7 Å². The van der Waals surface area contributed by atoms with Gasteiger partial charge in [0.15, 0.2) is 0 Å². The molecule has 0 N–H and O–H groups in total. The Labute approximate surface area is 268 Å². The molecule has 0 nitrogen and oxygen atoms in total. The number of fused-ring (bicyclic) bond motifs is 2. The summed E-state index contributed by atoms with van der Waals surface area (Å²) in [5.74, 6) is 0.675. The van der Waals surface area contributed by atoms with Crippen LogP contribution in [0.5, 0.6) is 0 Å². The molecule has 2 aliphatic carbocycles. The SMILES string of the molecule is CCCCCCc1ccsc1C1=Cc2ccccc2C1C(C)(C)C1C(c2sccc2CCCCCC)=Cc2ccccc21. The fraction of sp³-hybridized carbons (Fsp3) is 0.415. The molecule has 2 aliphatic rings. The van der Waals surface area contributed by atoms with E-state index in [-0.39, 0.29) is 5.41 Å². The summed E-state index contributed by atoms with van der Waals surface area (Å²) < 4.78 is 0. The number of hydrogen-bond donors (Lipinski definition) is 0. The van der Waals surface area contributed by atoms with Crippen LogP contribution in [0.2, 0.25) is 0 Å². The van der Waals surface area contributed by atoms with Crippen molar-refractivity contribution in [1.29, 1.82) is 0 Å². The van der Waals surface area contributed by atoms with Crippen LogP contribution in [-0.2, 0) is 12.8 Å². The molecule has 2 heteroatoms. The maximum atomic E-state index is 2.57. The van der Waals surface area contributed by atoms with Crippen LogP contribution in [0.3, 0.4) is 0 Å². The molecule has 4 aromatic rings. The van der Waals surface area contributed by atoms with Crippen LogP contribution in [0.4, 0.5) is 0 Å². The predicted octanol–water partition coefficient (Wildman–Crippen LogP) is 13.1. The molecule has 2 aromatic carbocycles. The van der Waals surface area contributed by atoms with Crippen molar-refractivity contribution >= 4 is 46.0 Å². The number of benzene rings is 2. The summed E-state index contributed by atoms with van der Waals surface area (Å²) in [7, 11) is 0. The van der Waals surface area contributed by atoms with Crippen molar-refractivity contribution in [2.45, 2.75) is 104 Å². The van der Waals surface area contributed by atoms with Crippen molar-refractivity contribution in [3.05, 3.63) is 115 Å². The van der Waals surface area contributed by atoms with Crippen molar-refractivity contribution in [3.63, 3.8) is 0 Å². The van der Waals surface area contributed by atoms with Crippen molar-refractivity contribution in [2.24, 2.45) is 5.41 Å². The van der Waals surface area contributed by atoms with E-state index in [1.54, 1.807) is 22.3 Å². The molecular formula is C41H48S2. The van der Waals surface area contributed by atoms with Gasteiger partial charge in [-0.3, -0.25) is 0 Å². The van der Waals surface area contributed by atoms with E-state index in [9.17, 15) is 0 Å². The van der Waals surface area contributed by atoms with Crippen LogP contribution in [0.1, 0.15) is 134 Å². The topological polar surface area (TPSA) is 0 Å². The highest BCUT2D eigenvalue weighted by Crippen LogP contribution is 2.63. The van der Waals surface area contributed by atoms with Gasteiger partial charge in [0.25, 0.3) is 0 Å². The minimum absolute atomic E-state index is 0.0240. The smallest absolute Gasteiger partial charge is 0.0340 e. The fourth-order valence-corrected chi connectivity index (χ4v) is 9.87. The van der Waals surface area contributed by atoms with Gasteiger partial charge < -0.3 is 0 Å². The van der Waals surface area contributed by atoms with Gasteiger partial charge in [0.05, 0.1) is 0 Å². The molecule has 0 spiro atoms. The first-order chi connectivity index (χ1) is 21.0. The van der Waals surface area contributed by atoms with Gasteiger partial charge in [-0.25, -0.2) is 0 Å². The number of hydrogen-bond acceptors (Lipinski definition) is 2. The lowest BCUT2D eigenvalue weighted by atomic mass is 9.61. The molecule has 0 saturated carbocycles. The van der Waals surface area contributed by atoms with Gasteiger partial charge in [0, 0.05) is 21.6 Å². The average Bonchev–Trinajstić information content (AvgIpc) is 3.81. The van der Waals surface area contributed by atoms with Crippen molar-refractivity contribution in [2.75, 3.05) is 0 Å².